The molecule has 2 N–H and O–H groups in total. The van der Waals surface area contributed by atoms with Gasteiger partial charge in [0.15, 0.2) is 0 Å². The minimum absolute atomic E-state index is 0.00417. The normalized spacial score (nSPS) is 15.7. The Labute approximate surface area is 212 Å². The van der Waals surface area contributed by atoms with Crippen LogP contribution in [0.25, 0.3) is 22.0 Å². The zero-order valence-electron chi connectivity index (χ0n) is 19.9. The minimum atomic E-state index is -4.73. The number of halogens is 3. The molecule has 0 saturated carbocycles. The number of aryl methyl sites for hydroxylation is 1. The highest BCUT2D eigenvalue weighted by molar-refractivity contribution is 7.89. The van der Waals surface area contributed by atoms with Crippen molar-refractivity contribution in [2.45, 2.75) is 37.1 Å². The Kier molecular flexibility index (Phi) is 6.59. The summed E-state index contributed by atoms with van der Waals surface area (Å²) in [5, 5.41) is 11.5. The van der Waals surface area contributed by atoms with Crippen LogP contribution < -0.4 is 10.1 Å². The van der Waals surface area contributed by atoms with E-state index in [1.807, 2.05) is 37.3 Å². The predicted molar refractivity (Wildman–Crippen MR) is 135 cm³/mol. The lowest BCUT2D eigenvalue weighted by Gasteiger charge is -2.32. The predicted octanol–water partition coefficient (Wildman–Crippen LogP) is 5.70. The van der Waals surface area contributed by atoms with E-state index in [1.165, 1.54) is 28.6 Å². The molecule has 1 fully saturated rings. The van der Waals surface area contributed by atoms with E-state index in [1.54, 1.807) is 12.1 Å². The number of benzene rings is 3. The van der Waals surface area contributed by atoms with Gasteiger partial charge in [0.1, 0.15) is 5.75 Å². The summed E-state index contributed by atoms with van der Waals surface area (Å²) in [4.78, 5) is 0.239. The maximum absolute atomic E-state index is 13.2. The number of hydrogen-bond acceptors (Lipinski definition) is 5. The summed E-state index contributed by atoms with van der Waals surface area (Å²) in [6.45, 7) is 2.61. The van der Waals surface area contributed by atoms with E-state index < -0.39 is 16.4 Å². The number of piperidine rings is 1. The lowest BCUT2D eigenvalue weighted by atomic mass is 10.0. The molecule has 1 aliphatic heterocycles. The Balaban J connectivity index is 1.20. The third-order valence-corrected chi connectivity index (χ3v) is 8.40. The highest BCUT2D eigenvalue weighted by Crippen LogP contribution is 2.29. The fourth-order valence-electron chi connectivity index (χ4n) is 4.52. The van der Waals surface area contributed by atoms with Gasteiger partial charge in [-0.25, -0.2) is 8.42 Å². The van der Waals surface area contributed by atoms with Gasteiger partial charge in [0, 0.05) is 30.2 Å². The van der Waals surface area contributed by atoms with Crippen LogP contribution in [0.5, 0.6) is 5.75 Å². The van der Waals surface area contributed by atoms with Crippen LogP contribution >= 0.6 is 0 Å². The van der Waals surface area contributed by atoms with Crippen molar-refractivity contribution in [3.8, 4) is 16.9 Å². The van der Waals surface area contributed by atoms with Crippen molar-refractivity contribution in [1.82, 2.24) is 14.5 Å². The topological polar surface area (TPSA) is 87.3 Å². The van der Waals surface area contributed by atoms with Crippen LogP contribution in [0.2, 0.25) is 0 Å². The number of sulfonamides is 1. The minimum Gasteiger partial charge on any atom is -0.406 e. The van der Waals surface area contributed by atoms with Gasteiger partial charge in [0.2, 0.25) is 10.0 Å². The Morgan fingerprint density at radius 3 is 2.27 bits per heavy atom. The maximum Gasteiger partial charge on any atom is 0.573 e. The smallest absolute Gasteiger partial charge is 0.406 e. The molecule has 0 radical (unpaired) electrons. The van der Waals surface area contributed by atoms with Crippen molar-refractivity contribution >= 4 is 26.6 Å². The number of H-pyrrole nitrogens is 1. The van der Waals surface area contributed by atoms with Gasteiger partial charge in [-0.2, -0.15) is 9.40 Å². The van der Waals surface area contributed by atoms with Crippen LogP contribution in [0.1, 0.15) is 18.5 Å². The molecule has 1 aromatic heterocycles. The van der Waals surface area contributed by atoms with E-state index in [0.717, 1.165) is 27.7 Å². The number of ether oxygens (including phenoxy) is 1. The average molecular weight is 531 g/mol. The number of anilines is 1. The molecule has 1 aliphatic rings. The van der Waals surface area contributed by atoms with Crippen LogP contribution in [-0.2, 0) is 10.0 Å². The Bertz CT molecular complexity index is 1490. The second kappa shape index (κ2) is 9.71. The van der Waals surface area contributed by atoms with E-state index in [2.05, 4.69) is 20.3 Å². The first kappa shape index (κ1) is 25.1. The number of alkyl halides is 3. The van der Waals surface area contributed by atoms with Crippen LogP contribution in [0.4, 0.5) is 18.9 Å². The number of hydrogen-bond donors (Lipinski definition) is 2. The van der Waals surface area contributed by atoms with Crippen LogP contribution in [0.3, 0.4) is 0 Å². The first-order chi connectivity index (χ1) is 17.6. The van der Waals surface area contributed by atoms with E-state index in [0.29, 0.717) is 31.6 Å². The van der Waals surface area contributed by atoms with E-state index in [9.17, 15) is 21.6 Å². The zero-order chi connectivity index (χ0) is 26.2. The molecule has 194 valence electrons. The van der Waals surface area contributed by atoms with Gasteiger partial charge in [0.25, 0.3) is 0 Å². The van der Waals surface area contributed by atoms with Crippen molar-refractivity contribution in [2.75, 3.05) is 18.4 Å². The molecule has 0 bridgehead atoms. The average Bonchev–Trinajstić information content (AvgIpc) is 3.25. The molecule has 5 rings (SSSR count). The van der Waals surface area contributed by atoms with Crippen LogP contribution in [0, 0.1) is 6.92 Å². The van der Waals surface area contributed by atoms with Gasteiger partial charge >= 0.3 is 6.36 Å². The zero-order valence-corrected chi connectivity index (χ0v) is 20.7. The van der Waals surface area contributed by atoms with Crippen LogP contribution in [-0.4, -0.2) is 48.4 Å². The Morgan fingerprint density at radius 1 is 0.973 bits per heavy atom. The van der Waals surface area contributed by atoms with Gasteiger partial charge in [-0.05, 0) is 79.4 Å². The van der Waals surface area contributed by atoms with Gasteiger partial charge in [-0.1, -0.05) is 18.2 Å². The molecule has 0 spiro atoms. The molecule has 0 aliphatic carbocycles. The molecule has 0 atom stereocenters. The summed E-state index contributed by atoms with van der Waals surface area (Å²) in [7, 11) is -3.65. The number of fused-ring (bicyclic) bond motifs is 1. The first-order valence-corrected chi connectivity index (χ1v) is 13.2. The molecule has 1 saturated heterocycles. The van der Waals surface area contributed by atoms with Gasteiger partial charge in [-0.3, -0.25) is 5.10 Å². The fraction of sp³-hybridized carbons (Fsp3) is 0.269. The van der Waals surface area contributed by atoms with Gasteiger partial charge in [0.05, 0.1) is 16.1 Å². The summed E-state index contributed by atoms with van der Waals surface area (Å²) in [5.74, 6) is -0.290. The number of nitrogens with one attached hydrogen (secondary N) is 2. The van der Waals surface area contributed by atoms with Crippen molar-refractivity contribution in [2.24, 2.45) is 0 Å². The first-order valence-electron chi connectivity index (χ1n) is 11.8. The Morgan fingerprint density at radius 2 is 1.62 bits per heavy atom. The quantitative estimate of drug-likeness (QED) is 0.334. The summed E-state index contributed by atoms with van der Waals surface area (Å²) in [6.07, 6.45) is -3.59. The molecule has 2 heterocycles. The third kappa shape index (κ3) is 5.57. The van der Waals surface area contributed by atoms with Gasteiger partial charge in [-0.15, -0.1) is 13.2 Å². The molecule has 7 nitrogen and oxygen atoms in total. The highest BCUT2D eigenvalue weighted by Gasteiger charge is 2.31. The molecular formula is C26H25F3N4O3S. The largest absolute Gasteiger partial charge is 0.573 e. The molecule has 0 unspecified atom stereocenters. The van der Waals surface area contributed by atoms with Crippen molar-refractivity contribution in [3.05, 3.63) is 72.4 Å². The van der Waals surface area contributed by atoms with E-state index in [4.69, 9.17) is 0 Å². The summed E-state index contributed by atoms with van der Waals surface area (Å²) in [6, 6.07) is 18.4. The molecular weight excluding hydrogens is 505 g/mol. The van der Waals surface area contributed by atoms with E-state index in [-0.39, 0.29) is 16.7 Å². The van der Waals surface area contributed by atoms with E-state index >= 15 is 0 Å². The summed E-state index contributed by atoms with van der Waals surface area (Å²) >= 11 is 0. The maximum atomic E-state index is 13.2. The number of aromatic amines is 1. The third-order valence-electron chi connectivity index (χ3n) is 6.49. The summed E-state index contributed by atoms with van der Waals surface area (Å²) < 4.78 is 68.8. The monoisotopic (exact) mass is 530 g/mol. The van der Waals surface area contributed by atoms with Crippen molar-refractivity contribution in [1.29, 1.82) is 0 Å². The second-order valence-corrected chi connectivity index (χ2v) is 10.9. The number of nitrogens with zero attached hydrogens (tertiary/aromatic N) is 2. The van der Waals surface area contributed by atoms with Crippen LogP contribution in [0.15, 0.2) is 71.6 Å². The second-order valence-electron chi connectivity index (χ2n) is 8.99. The van der Waals surface area contributed by atoms with Gasteiger partial charge < -0.3 is 10.1 Å². The standard InChI is InChI=1S/C26H25F3N4O3S/c1-17-24-16-19(4-11-25(24)32-31-17)18-2-9-23(10-3-18)37(34,35)33-14-12-21(13-15-33)30-20-5-7-22(8-6-20)36-26(27,28)29/h2-11,16,21,30H,12-15H2,1H3,(H,31,32). The number of aromatic nitrogens is 2. The number of rotatable bonds is 6. The lowest BCUT2D eigenvalue weighted by Crippen LogP contribution is -2.42. The Hall–Kier alpha value is -3.57. The molecule has 3 aromatic carbocycles. The SMILES string of the molecule is Cc1n[nH]c2ccc(-c3ccc(S(=O)(=O)N4CCC(Nc5ccc(OC(F)(F)F)cc5)CC4)cc3)cc12. The molecule has 37 heavy (non-hydrogen) atoms. The fourth-order valence-corrected chi connectivity index (χ4v) is 5.99. The van der Waals surface area contributed by atoms with Crippen molar-refractivity contribution in [3.63, 3.8) is 0 Å². The molecule has 11 heteroatoms. The molecule has 0 amide bonds. The molecule has 4 aromatic rings. The lowest BCUT2D eigenvalue weighted by molar-refractivity contribution is -0.274. The van der Waals surface area contributed by atoms with Crippen molar-refractivity contribution < 1.29 is 26.3 Å². The highest BCUT2D eigenvalue weighted by atomic mass is 32.2. The summed E-state index contributed by atoms with van der Waals surface area (Å²) in [5.41, 5.74) is 4.39.